The molecule has 1 saturated carbocycles. The van der Waals surface area contributed by atoms with Gasteiger partial charge in [0.1, 0.15) is 5.82 Å². The maximum absolute atomic E-state index is 13.9. The van der Waals surface area contributed by atoms with Crippen LogP contribution in [-0.2, 0) is 0 Å². The van der Waals surface area contributed by atoms with Crippen LogP contribution in [-0.4, -0.2) is 33.3 Å². The maximum atomic E-state index is 13.9. The van der Waals surface area contributed by atoms with Gasteiger partial charge in [-0.05, 0) is 30.2 Å². The molecule has 0 aromatic heterocycles. The highest BCUT2D eigenvalue weighted by atomic mass is 19.1. The summed E-state index contributed by atoms with van der Waals surface area (Å²) in [5, 5.41) is 2.93. The van der Waals surface area contributed by atoms with Gasteiger partial charge in [0.25, 0.3) is 5.91 Å². The van der Waals surface area contributed by atoms with Crippen LogP contribution in [0.3, 0.4) is 0 Å². The average molecular weight is 345 g/mol. The molecule has 5 nitrogen and oxygen atoms in total. The second-order valence-electron chi connectivity index (χ2n) is 5.83. The lowest BCUT2D eigenvalue weighted by molar-refractivity contribution is 0.0946. The van der Waals surface area contributed by atoms with Crippen LogP contribution >= 0.6 is 0 Å². The van der Waals surface area contributed by atoms with Crippen molar-refractivity contribution < 1.29 is 23.4 Å². The van der Waals surface area contributed by atoms with Crippen molar-refractivity contribution in [3.05, 3.63) is 53.3 Å². The van der Waals surface area contributed by atoms with Gasteiger partial charge in [0.2, 0.25) is 5.75 Å². The van der Waals surface area contributed by atoms with Crippen molar-refractivity contribution in [1.29, 1.82) is 0 Å². The van der Waals surface area contributed by atoms with Crippen molar-refractivity contribution in [2.45, 2.75) is 18.4 Å². The fourth-order valence-corrected chi connectivity index (χ4v) is 3.00. The molecule has 0 aliphatic heterocycles. The van der Waals surface area contributed by atoms with Crippen molar-refractivity contribution in [3.8, 4) is 17.2 Å². The maximum Gasteiger partial charge on any atom is 0.255 e. The van der Waals surface area contributed by atoms with Gasteiger partial charge in [-0.2, -0.15) is 0 Å². The fraction of sp³-hybridized carbons (Fsp3) is 0.316. The quantitative estimate of drug-likeness (QED) is 0.874. The number of amides is 1. The molecule has 0 radical (unpaired) electrons. The first kappa shape index (κ1) is 17.1. The molecule has 0 heterocycles. The number of nitrogens with one attached hydrogen (secondary N) is 1. The lowest BCUT2D eigenvalue weighted by Gasteiger charge is -2.15. The van der Waals surface area contributed by atoms with Crippen molar-refractivity contribution in [3.63, 3.8) is 0 Å². The number of carbonyl (C=O) groups excluding carboxylic acids is 1. The third kappa shape index (κ3) is 3.24. The molecule has 6 heteroatoms. The van der Waals surface area contributed by atoms with Gasteiger partial charge in [0, 0.05) is 12.0 Å². The van der Waals surface area contributed by atoms with Gasteiger partial charge in [-0.3, -0.25) is 4.79 Å². The molecule has 2 atom stereocenters. The highest BCUT2D eigenvalue weighted by Crippen LogP contribution is 2.43. The Bertz CT molecular complexity index is 793. The molecule has 0 saturated heterocycles. The molecule has 1 aliphatic carbocycles. The third-order valence-electron chi connectivity index (χ3n) is 4.36. The van der Waals surface area contributed by atoms with Crippen molar-refractivity contribution >= 4 is 5.91 Å². The zero-order valence-electron chi connectivity index (χ0n) is 14.3. The van der Waals surface area contributed by atoms with E-state index in [0.717, 1.165) is 0 Å². The van der Waals surface area contributed by atoms with Crippen LogP contribution in [0.2, 0.25) is 0 Å². The number of hydrogen-bond acceptors (Lipinski definition) is 4. The zero-order chi connectivity index (χ0) is 18.0. The molecular formula is C19H20FNO4. The summed E-state index contributed by atoms with van der Waals surface area (Å²) in [6.07, 6.45) is 0.711. The first-order valence-electron chi connectivity index (χ1n) is 7.95. The van der Waals surface area contributed by atoms with Crippen LogP contribution < -0.4 is 19.5 Å². The van der Waals surface area contributed by atoms with Gasteiger partial charge >= 0.3 is 0 Å². The highest BCUT2D eigenvalue weighted by Gasteiger charge is 2.41. The second-order valence-corrected chi connectivity index (χ2v) is 5.83. The zero-order valence-corrected chi connectivity index (χ0v) is 14.3. The number of methoxy groups -OCH3 is 3. The largest absolute Gasteiger partial charge is 0.493 e. The predicted molar refractivity (Wildman–Crippen MR) is 91.1 cm³/mol. The van der Waals surface area contributed by atoms with Crippen LogP contribution in [0.15, 0.2) is 36.4 Å². The smallest absolute Gasteiger partial charge is 0.255 e. The Balaban J connectivity index is 1.78. The Hall–Kier alpha value is -2.76. The summed E-state index contributed by atoms with van der Waals surface area (Å²) in [7, 11) is 4.46. The summed E-state index contributed by atoms with van der Waals surface area (Å²) < 4.78 is 29.7. The summed E-state index contributed by atoms with van der Waals surface area (Å²) >= 11 is 0. The minimum Gasteiger partial charge on any atom is -0.493 e. The van der Waals surface area contributed by atoms with Gasteiger partial charge in [-0.1, -0.05) is 18.2 Å². The van der Waals surface area contributed by atoms with E-state index in [0.29, 0.717) is 34.8 Å². The molecule has 2 unspecified atom stereocenters. The molecule has 0 spiro atoms. The van der Waals surface area contributed by atoms with E-state index in [2.05, 4.69) is 5.32 Å². The number of ether oxygens (including phenoxy) is 3. The molecule has 3 rings (SSSR count). The van der Waals surface area contributed by atoms with E-state index in [-0.39, 0.29) is 23.7 Å². The summed E-state index contributed by atoms with van der Waals surface area (Å²) in [6, 6.07) is 9.82. The number of carbonyl (C=O) groups is 1. The molecular weight excluding hydrogens is 325 g/mol. The van der Waals surface area contributed by atoms with E-state index in [1.807, 2.05) is 0 Å². The van der Waals surface area contributed by atoms with Crippen LogP contribution in [0, 0.1) is 5.82 Å². The van der Waals surface area contributed by atoms with E-state index in [9.17, 15) is 9.18 Å². The summed E-state index contributed by atoms with van der Waals surface area (Å²) in [5.41, 5.74) is 0.978. The summed E-state index contributed by atoms with van der Waals surface area (Å²) in [4.78, 5) is 12.6. The number of halogens is 1. The van der Waals surface area contributed by atoms with Gasteiger partial charge in [-0.15, -0.1) is 0 Å². The average Bonchev–Trinajstić information content (AvgIpc) is 3.39. The molecule has 1 amide bonds. The van der Waals surface area contributed by atoms with E-state index in [1.165, 1.54) is 27.4 Å². The number of benzene rings is 2. The Labute approximate surface area is 145 Å². The SMILES string of the molecule is COc1ccc(C(=O)NC2CC2c2ccccc2F)c(OC)c1OC. The van der Waals surface area contributed by atoms with E-state index >= 15 is 0 Å². The first-order chi connectivity index (χ1) is 12.1. The Morgan fingerprint density at radius 2 is 1.76 bits per heavy atom. The van der Waals surface area contributed by atoms with Crippen LogP contribution in [0.1, 0.15) is 28.3 Å². The standard InChI is InChI=1S/C19H20FNO4/c1-23-16-9-8-12(17(24-2)18(16)25-3)19(22)21-15-10-13(15)11-6-4-5-7-14(11)20/h4-9,13,15H,10H2,1-3H3,(H,21,22). The van der Waals surface area contributed by atoms with Crippen molar-refractivity contribution in [2.24, 2.45) is 0 Å². The molecule has 2 aromatic carbocycles. The Kier molecular flexibility index (Phi) is 4.79. The molecule has 1 aliphatic rings. The van der Waals surface area contributed by atoms with Crippen LogP contribution in [0.25, 0.3) is 0 Å². The minimum absolute atomic E-state index is 0.00344. The molecule has 1 fully saturated rings. The van der Waals surface area contributed by atoms with Crippen molar-refractivity contribution in [2.75, 3.05) is 21.3 Å². The second kappa shape index (κ2) is 7.01. The van der Waals surface area contributed by atoms with Gasteiger partial charge in [-0.25, -0.2) is 4.39 Å². The van der Waals surface area contributed by atoms with Crippen LogP contribution in [0.5, 0.6) is 17.2 Å². The number of rotatable bonds is 6. The predicted octanol–water partition coefficient (Wildman–Crippen LogP) is 3.14. The van der Waals surface area contributed by atoms with E-state index < -0.39 is 0 Å². The summed E-state index contributed by atoms with van der Waals surface area (Å²) in [6.45, 7) is 0. The summed E-state index contributed by atoms with van der Waals surface area (Å²) in [5.74, 6) is 0.610. The normalized spacial score (nSPS) is 18.4. The lowest BCUT2D eigenvalue weighted by Crippen LogP contribution is -2.27. The first-order valence-corrected chi connectivity index (χ1v) is 7.95. The number of hydrogen-bond donors (Lipinski definition) is 1. The molecule has 0 bridgehead atoms. The van der Waals surface area contributed by atoms with Crippen molar-refractivity contribution in [1.82, 2.24) is 5.32 Å². The monoisotopic (exact) mass is 345 g/mol. The Morgan fingerprint density at radius 3 is 2.40 bits per heavy atom. The van der Waals surface area contributed by atoms with Gasteiger partial charge < -0.3 is 19.5 Å². The van der Waals surface area contributed by atoms with Crippen LogP contribution in [0.4, 0.5) is 4.39 Å². The fourth-order valence-electron chi connectivity index (χ4n) is 3.00. The van der Waals surface area contributed by atoms with E-state index in [1.54, 1.807) is 30.3 Å². The molecule has 25 heavy (non-hydrogen) atoms. The molecule has 1 N–H and O–H groups in total. The Morgan fingerprint density at radius 1 is 1.04 bits per heavy atom. The molecule has 2 aromatic rings. The minimum atomic E-state index is -0.290. The lowest BCUT2D eigenvalue weighted by atomic mass is 10.1. The highest BCUT2D eigenvalue weighted by molar-refractivity contribution is 5.98. The van der Waals surface area contributed by atoms with E-state index in [4.69, 9.17) is 14.2 Å². The molecule has 132 valence electrons. The third-order valence-corrected chi connectivity index (χ3v) is 4.36. The topological polar surface area (TPSA) is 56.8 Å². The van der Waals surface area contributed by atoms with Gasteiger partial charge in [0.15, 0.2) is 11.5 Å². The van der Waals surface area contributed by atoms with Gasteiger partial charge in [0.05, 0.1) is 26.9 Å².